The third-order valence-corrected chi connectivity index (χ3v) is 4.67. The van der Waals surface area contributed by atoms with Crippen molar-refractivity contribution in [2.24, 2.45) is 0 Å². The van der Waals surface area contributed by atoms with Gasteiger partial charge >= 0.3 is 5.97 Å². The molecule has 0 saturated heterocycles. The molecule has 0 aliphatic rings. The number of halogens is 1. The van der Waals surface area contributed by atoms with Crippen molar-refractivity contribution in [3.05, 3.63) is 71.4 Å². The van der Waals surface area contributed by atoms with E-state index >= 15 is 0 Å². The lowest BCUT2D eigenvalue weighted by Gasteiger charge is -2.21. The van der Waals surface area contributed by atoms with E-state index in [0.717, 1.165) is 21.8 Å². The van der Waals surface area contributed by atoms with E-state index in [4.69, 9.17) is 4.74 Å². The first kappa shape index (κ1) is 18.7. The van der Waals surface area contributed by atoms with Gasteiger partial charge in [0.05, 0.1) is 17.7 Å². The Balaban J connectivity index is 2.33. The largest absolute Gasteiger partial charge is 0.465 e. The van der Waals surface area contributed by atoms with Crippen LogP contribution in [0.15, 0.2) is 60.0 Å². The second-order valence-electron chi connectivity index (χ2n) is 5.05. The molecule has 2 aromatic carbocycles. The number of benzene rings is 2. The molecular weight excluding hydrogens is 345 g/mol. The molecule has 5 nitrogen and oxygen atoms in total. The molecular formula is C18H18FNO4S. The van der Waals surface area contributed by atoms with Gasteiger partial charge in [-0.2, -0.15) is 0 Å². The molecule has 2 aromatic rings. The van der Waals surface area contributed by atoms with Crippen LogP contribution in [0.4, 0.5) is 10.1 Å². The molecule has 25 heavy (non-hydrogen) atoms. The number of rotatable bonds is 7. The average Bonchev–Trinajstić information content (AvgIpc) is 2.60. The van der Waals surface area contributed by atoms with Crippen LogP contribution in [-0.2, 0) is 19.6 Å². The van der Waals surface area contributed by atoms with Crippen LogP contribution in [0, 0.1) is 5.82 Å². The Kier molecular flexibility index (Phi) is 6.30. The number of anilines is 1. The first-order valence-corrected chi connectivity index (χ1v) is 9.10. The molecule has 0 amide bonds. The van der Waals surface area contributed by atoms with Gasteiger partial charge in [0.25, 0.3) is 10.0 Å². The zero-order valence-electron chi connectivity index (χ0n) is 13.6. The highest BCUT2D eigenvalue weighted by molar-refractivity contribution is 7.95. The molecule has 0 bridgehead atoms. The molecule has 0 spiro atoms. The van der Waals surface area contributed by atoms with Gasteiger partial charge in [-0.25, -0.2) is 12.8 Å². The minimum absolute atomic E-state index is 0.135. The van der Waals surface area contributed by atoms with Crippen LogP contribution in [0.1, 0.15) is 12.5 Å². The Bertz CT molecular complexity index is 833. The number of hydrogen-bond donors (Lipinski definition) is 0. The lowest BCUT2D eigenvalue weighted by molar-refractivity contribution is -0.141. The highest BCUT2D eigenvalue weighted by Gasteiger charge is 2.23. The molecule has 0 aliphatic carbocycles. The Hall–Kier alpha value is -2.67. The van der Waals surface area contributed by atoms with Gasteiger partial charge < -0.3 is 4.74 Å². The van der Waals surface area contributed by atoms with Crippen molar-refractivity contribution in [3.63, 3.8) is 0 Å². The van der Waals surface area contributed by atoms with Gasteiger partial charge in [0.1, 0.15) is 12.4 Å². The van der Waals surface area contributed by atoms with E-state index in [0.29, 0.717) is 5.56 Å². The molecule has 0 radical (unpaired) electrons. The van der Waals surface area contributed by atoms with Gasteiger partial charge in [0.2, 0.25) is 0 Å². The molecule has 0 atom stereocenters. The van der Waals surface area contributed by atoms with Crippen LogP contribution in [0.5, 0.6) is 0 Å². The van der Waals surface area contributed by atoms with Gasteiger partial charge in [0.15, 0.2) is 0 Å². The van der Waals surface area contributed by atoms with E-state index in [9.17, 15) is 17.6 Å². The molecule has 0 unspecified atom stereocenters. The van der Waals surface area contributed by atoms with Crippen LogP contribution in [0.3, 0.4) is 0 Å². The number of nitrogens with zero attached hydrogens (tertiary/aromatic N) is 1. The Morgan fingerprint density at radius 2 is 1.76 bits per heavy atom. The number of ether oxygens (including phenoxy) is 1. The first-order chi connectivity index (χ1) is 11.9. The molecule has 0 heterocycles. The predicted octanol–water partition coefficient (Wildman–Crippen LogP) is 3.20. The van der Waals surface area contributed by atoms with E-state index in [-0.39, 0.29) is 12.3 Å². The standard InChI is InChI=1S/C18H18FNO4S/c1-2-24-18(21)14-20(17-10-8-16(19)9-11-17)25(22,23)13-12-15-6-4-3-5-7-15/h3-13H,2,14H2,1H3/b13-12+. The maximum absolute atomic E-state index is 13.1. The Morgan fingerprint density at radius 3 is 2.36 bits per heavy atom. The van der Waals surface area contributed by atoms with Gasteiger partial charge in [0, 0.05) is 0 Å². The summed E-state index contributed by atoms with van der Waals surface area (Å²) in [4.78, 5) is 11.8. The molecule has 2 rings (SSSR count). The van der Waals surface area contributed by atoms with Crippen LogP contribution >= 0.6 is 0 Å². The highest BCUT2D eigenvalue weighted by Crippen LogP contribution is 2.20. The summed E-state index contributed by atoms with van der Waals surface area (Å²) in [7, 11) is -3.97. The van der Waals surface area contributed by atoms with Crippen molar-refractivity contribution in [3.8, 4) is 0 Å². The summed E-state index contributed by atoms with van der Waals surface area (Å²) in [6.07, 6.45) is 1.43. The van der Waals surface area contributed by atoms with Crippen molar-refractivity contribution in [2.75, 3.05) is 17.5 Å². The zero-order valence-corrected chi connectivity index (χ0v) is 14.4. The fraction of sp³-hybridized carbons (Fsp3) is 0.167. The number of carbonyl (C=O) groups is 1. The summed E-state index contributed by atoms with van der Waals surface area (Å²) in [5.74, 6) is -1.19. The lowest BCUT2D eigenvalue weighted by atomic mass is 10.2. The number of hydrogen-bond acceptors (Lipinski definition) is 4. The lowest BCUT2D eigenvalue weighted by Crippen LogP contribution is -2.35. The SMILES string of the molecule is CCOC(=O)CN(c1ccc(F)cc1)S(=O)(=O)/C=C/c1ccccc1. The summed E-state index contributed by atoms with van der Waals surface area (Å²) < 4.78 is 44.2. The molecule has 0 aromatic heterocycles. The fourth-order valence-corrected chi connectivity index (χ4v) is 3.24. The van der Waals surface area contributed by atoms with Crippen molar-refractivity contribution in [1.82, 2.24) is 0 Å². The smallest absolute Gasteiger partial charge is 0.326 e. The minimum Gasteiger partial charge on any atom is -0.465 e. The Morgan fingerprint density at radius 1 is 1.12 bits per heavy atom. The quantitative estimate of drug-likeness (QED) is 0.709. The summed E-state index contributed by atoms with van der Waals surface area (Å²) in [6, 6.07) is 13.7. The van der Waals surface area contributed by atoms with Crippen molar-refractivity contribution in [1.29, 1.82) is 0 Å². The fourth-order valence-electron chi connectivity index (χ4n) is 2.06. The van der Waals surface area contributed by atoms with E-state index in [1.807, 2.05) is 6.07 Å². The molecule has 132 valence electrons. The summed E-state index contributed by atoms with van der Waals surface area (Å²) >= 11 is 0. The normalized spacial score (nSPS) is 11.4. The van der Waals surface area contributed by atoms with Crippen LogP contribution < -0.4 is 4.31 Å². The monoisotopic (exact) mass is 363 g/mol. The van der Waals surface area contributed by atoms with Crippen molar-refractivity contribution in [2.45, 2.75) is 6.92 Å². The molecule has 7 heteroatoms. The van der Waals surface area contributed by atoms with E-state index in [1.54, 1.807) is 31.2 Å². The van der Waals surface area contributed by atoms with E-state index < -0.39 is 28.4 Å². The topological polar surface area (TPSA) is 63.7 Å². The number of carbonyl (C=O) groups excluding carboxylic acids is 1. The molecule has 0 aliphatic heterocycles. The number of esters is 1. The van der Waals surface area contributed by atoms with Crippen molar-refractivity contribution >= 4 is 27.8 Å². The first-order valence-electron chi connectivity index (χ1n) is 7.59. The Labute approximate surface area is 146 Å². The second kappa shape index (κ2) is 8.43. The average molecular weight is 363 g/mol. The minimum atomic E-state index is -3.97. The molecule has 0 fully saturated rings. The molecule has 0 saturated carbocycles. The third-order valence-electron chi connectivity index (χ3n) is 3.23. The van der Waals surface area contributed by atoms with Crippen LogP contribution in [0.2, 0.25) is 0 Å². The summed E-state index contributed by atoms with van der Waals surface area (Å²) in [5.41, 5.74) is 0.869. The highest BCUT2D eigenvalue weighted by atomic mass is 32.2. The van der Waals surface area contributed by atoms with Gasteiger partial charge in [-0.05, 0) is 42.8 Å². The second-order valence-corrected chi connectivity index (χ2v) is 6.79. The number of sulfonamides is 1. The van der Waals surface area contributed by atoms with Crippen molar-refractivity contribution < 1.29 is 22.3 Å². The van der Waals surface area contributed by atoms with Gasteiger partial charge in [-0.15, -0.1) is 0 Å². The zero-order chi connectivity index (χ0) is 18.3. The summed E-state index contributed by atoms with van der Waals surface area (Å²) in [5, 5.41) is 1.00. The third kappa shape index (κ3) is 5.42. The predicted molar refractivity (Wildman–Crippen MR) is 94.8 cm³/mol. The summed E-state index contributed by atoms with van der Waals surface area (Å²) in [6.45, 7) is 1.26. The van der Waals surface area contributed by atoms with Crippen LogP contribution in [0.25, 0.3) is 6.08 Å². The van der Waals surface area contributed by atoms with E-state index in [1.165, 1.54) is 18.2 Å². The maximum atomic E-state index is 13.1. The van der Waals surface area contributed by atoms with Crippen LogP contribution in [-0.4, -0.2) is 27.5 Å². The molecule has 0 N–H and O–H groups in total. The van der Waals surface area contributed by atoms with E-state index in [2.05, 4.69) is 0 Å². The van der Waals surface area contributed by atoms with Gasteiger partial charge in [-0.3, -0.25) is 9.10 Å². The maximum Gasteiger partial charge on any atom is 0.326 e. The van der Waals surface area contributed by atoms with Gasteiger partial charge in [-0.1, -0.05) is 30.3 Å².